The summed E-state index contributed by atoms with van der Waals surface area (Å²) in [6, 6.07) is 0. The maximum atomic E-state index is 9.36. The van der Waals surface area contributed by atoms with E-state index < -0.39 is 0 Å². The Kier molecular flexibility index (Phi) is 4.23. The number of nitrogens with one attached hydrogen (secondary N) is 1. The van der Waals surface area contributed by atoms with Crippen LogP contribution in [-0.2, 0) is 13.6 Å². The highest BCUT2D eigenvalue weighted by Crippen LogP contribution is 2.14. The summed E-state index contributed by atoms with van der Waals surface area (Å²) < 4.78 is 1.68. The number of aromatic nitrogens is 3. The van der Waals surface area contributed by atoms with Crippen LogP contribution >= 0.6 is 0 Å². The van der Waals surface area contributed by atoms with Crippen molar-refractivity contribution in [2.24, 2.45) is 7.05 Å². The minimum atomic E-state index is -0.183. The molecule has 0 aliphatic rings. The third-order valence-electron chi connectivity index (χ3n) is 2.95. The molecule has 0 spiro atoms. The van der Waals surface area contributed by atoms with Gasteiger partial charge in [-0.25, -0.2) is 0 Å². The van der Waals surface area contributed by atoms with Gasteiger partial charge in [0.05, 0.1) is 12.3 Å². The lowest BCUT2D eigenvalue weighted by Crippen LogP contribution is -2.47. The van der Waals surface area contributed by atoms with Gasteiger partial charge in [-0.3, -0.25) is 4.68 Å². The fraction of sp³-hybridized carbons (Fsp3) is 0.800. The van der Waals surface area contributed by atoms with Gasteiger partial charge >= 0.3 is 0 Å². The Morgan fingerprint density at radius 1 is 1.47 bits per heavy atom. The molecule has 0 saturated heterocycles. The van der Waals surface area contributed by atoms with Gasteiger partial charge in [-0.1, -0.05) is 19.1 Å². The van der Waals surface area contributed by atoms with E-state index in [0.29, 0.717) is 6.54 Å². The molecule has 2 N–H and O–H groups in total. The number of rotatable bonds is 6. The molecule has 0 aliphatic carbocycles. The van der Waals surface area contributed by atoms with Gasteiger partial charge in [0, 0.05) is 25.3 Å². The van der Waals surface area contributed by atoms with E-state index in [1.807, 2.05) is 13.2 Å². The number of aryl methyl sites for hydroxylation is 1. The van der Waals surface area contributed by atoms with E-state index in [0.717, 1.165) is 18.5 Å². The summed E-state index contributed by atoms with van der Waals surface area (Å²) >= 11 is 0. The number of nitrogens with zero attached hydrogens (tertiary/aromatic N) is 3. The van der Waals surface area contributed by atoms with Gasteiger partial charge in [-0.15, -0.1) is 5.10 Å². The van der Waals surface area contributed by atoms with Crippen molar-refractivity contribution in [2.75, 3.05) is 6.61 Å². The molecule has 0 fully saturated rings. The fourth-order valence-electron chi connectivity index (χ4n) is 1.53. The van der Waals surface area contributed by atoms with Gasteiger partial charge < -0.3 is 10.4 Å². The summed E-state index contributed by atoms with van der Waals surface area (Å²) in [6.07, 6.45) is 3.68. The maximum Gasteiger partial charge on any atom is 0.0964 e. The van der Waals surface area contributed by atoms with E-state index in [9.17, 15) is 5.11 Å². The van der Waals surface area contributed by atoms with Crippen LogP contribution in [0.3, 0.4) is 0 Å². The van der Waals surface area contributed by atoms with Crippen LogP contribution in [0.5, 0.6) is 0 Å². The Hall–Kier alpha value is -0.940. The Balaban J connectivity index is 2.54. The third kappa shape index (κ3) is 3.00. The van der Waals surface area contributed by atoms with Gasteiger partial charge in [0.1, 0.15) is 0 Å². The smallest absolute Gasteiger partial charge is 0.0964 e. The van der Waals surface area contributed by atoms with Crippen molar-refractivity contribution in [2.45, 2.75) is 38.8 Å². The van der Waals surface area contributed by atoms with Crippen molar-refractivity contribution in [3.05, 3.63) is 11.9 Å². The molecule has 0 bridgehead atoms. The Labute approximate surface area is 90.5 Å². The second kappa shape index (κ2) is 5.23. The van der Waals surface area contributed by atoms with Crippen molar-refractivity contribution < 1.29 is 5.11 Å². The van der Waals surface area contributed by atoms with Crippen LogP contribution in [0.15, 0.2) is 6.20 Å². The van der Waals surface area contributed by atoms with Crippen LogP contribution in [0.2, 0.25) is 0 Å². The molecular weight excluding hydrogens is 192 g/mol. The first-order valence-corrected chi connectivity index (χ1v) is 5.37. The van der Waals surface area contributed by atoms with Gasteiger partial charge in [0.25, 0.3) is 0 Å². The number of aliphatic hydroxyl groups is 1. The third-order valence-corrected chi connectivity index (χ3v) is 2.95. The molecule has 1 heterocycles. The maximum absolute atomic E-state index is 9.36. The normalized spacial score (nSPS) is 12.0. The first-order valence-electron chi connectivity index (χ1n) is 5.37. The topological polar surface area (TPSA) is 63.0 Å². The standard InChI is InChI=1S/C10H20N4O/c1-4-10(5-2,8-15)11-6-9-7-14(3)13-12-9/h7,11,15H,4-6,8H2,1-3H3. The van der Waals surface area contributed by atoms with Crippen molar-refractivity contribution in [1.29, 1.82) is 0 Å². The van der Waals surface area contributed by atoms with Crippen LogP contribution in [0.4, 0.5) is 0 Å². The van der Waals surface area contributed by atoms with E-state index in [-0.39, 0.29) is 12.1 Å². The molecule has 1 aromatic rings. The van der Waals surface area contributed by atoms with E-state index >= 15 is 0 Å². The van der Waals surface area contributed by atoms with E-state index in [1.165, 1.54) is 0 Å². The van der Waals surface area contributed by atoms with E-state index in [1.54, 1.807) is 4.68 Å². The van der Waals surface area contributed by atoms with Crippen molar-refractivity contribution >= 4 is 0 Å². The summed E-state index contributed by atoms with van der Waals surface area (Å²) in [6.45, 7) is 4.95. The highest BCUT2D eigenvalue weighted by Gasteiger charge is 2.24. The molecule has 5 heteroatoms. The lowest BCUT2D eigenvalue weighted by atomic mass is 9.94. The minimum Gasteiger partial charge on any atom is -0.394 e. The molecule has 0 radical (unpaired) electrons. The molecular formula is C10H20N4O. The molecule has 0 aromatic carbocycles. The average molecular weight is 212 g/mol. The summed E-state index contributed by atoms with van der Waals surface area (Å²) in [4.78, 5) is 0. The predicted octanol–water partition coefficient (Wildman–Crippen LogP) is 0.456. The molecule has 0 saturated carbocycles. The van der Waals surface area contributed by atoms with Gasteiger partial charge in [-0.05, 0) is 12.8 Å². The molecule has 1 rings (SSSR count). The Bertz CT molecular complexity index is 285. The predicted molar refractivity (Wildman–Crippen MR) is 58.2 cm³/mol. The van der Waals surface area contributed by atoms with E-state index in [4.69, 9.17) is 0 Å². The second-order valence-electron chi connectivity index (χ2n) is 3.88. The zero-order valence-electron chi connectivity index (χ0n) is 9.69. The number of hydrogen-bond donors (Lipinski definition) is 2. The molecule has 1 aromatic heterocycles. The van der Waals surface area contributed by atoms with Crippen molar-refractivity contribution in [3.63, 3.8) is 0 Å². The number of aliphatic hydroxyl groups excluding tert-OH is 1. The molecule has 15 heavy (non-hydrogen) atoms. The molecule has 5 nitrogen and oxygen atoms in total. The van der Waals surface area contributed by atoms with Crippen LogP contribution in [0.1, 0.15) is 32.4 Å². The lowest BCUT2D eigenvalue weighted by molar-refractivity contribution is 0.149. The first-order chi connectivity index (χ1) is 7.15. The lowest BCUT2D eigenvalue weighted by Gasteiger charge is -2.30. The highest BCUT2D eigenvalue weighted by atomic mass is 16.3. The van der Waals surface area contributed by atoms with Crippen LogP contribution in [0.25, 0.3) is 0 Å². The van der Waals surface area contributed by atoms with Gasteiger partial charge in [0.15, 0.2) is 0 Å². The highest BCUT2D eigenvalue weighted by molar-refractivity contribution is 4.94. The first kappa shape index (κ1) is 12.1. The summed E-state index contributed by atoms with van der Waals surface area (Å²) in [5.74, 6) is 0. The monoisotopic (exact) mass is 212 g/mol. The molecule has 0 atom stereocenters. The zero-order chi connectivity index (χ0) is 11.3. The summed E-state index contributed by atoms with van der Waals surface area (Å²) in [7, 11) is 1.84. The Morgan fingerprint density at radius 2 is 2.13 bits per heavy atom. The van der Waals surface area contributed by atoms with Gasteiger partial charge in [0.2, 0.25) is 0 Å². The van der Waals surface area contributed by atoms with E-state index in [2.05, 4.69) is 29.5 Å². The van der Waals surface area contributed by atoms with Gasteiger partial charge in [-0.2, -0.15) is 0 Å². The summed E-state index contributed by atoms with van der Waals surface area (Å²) in [5, 5.41) is 20.6. The second-order valence-corrected chi connectivity index (χ2v) is 3.88. The molecule has 86 valence electrons. The van der Waals surface area contributed by atoms with Crippen LogP contribution < -0.4 is 5.32 Å². The van der Waals surface area contributed by atoms with Crippen molar-refractivity contribution in [1.82, 2.24) is 20.3 Å². The largest absolute Gasteiger partial charge is 0.394 e. The van der Waals surface area contributed by atoms with Crippen molar-refractivity contribution in [3.8, 4) is 0 Å². The quantitative estimate of drug-likeness (QED) is 0.719. The molecule has 0 unspecified atom stereocenters. The van der Waals surface area contributed by atoms with Crippen LogP contribution in [-0.4, -0.2) is 32.2 Å². The summed E-state index contributed by atoms with van der Waals surface area (Å²) in [5.41, 5.74) is 0.717. The molecule has 0 aliphatic heterocycles. The SMILES string of the molecule is CCC(CC)(CO)NCc1cn(C)nn1. The zero-order valence-corrected chi connectivity index (χ0v) is 9.69. The Morgan fingerprint density at radius 3 is 2.53 bits per heavy atom. The average Bonchev–Trinajstić information content (AvgIpc) is 2.67. The van der Waals surface area contributed by atoms with Crippen LogP contribution in [0, 0.1) is 0 Å². The number of hydrogen-bond acceptors (Lipinski definition) is 4. The minimum absolute atomic E-state index is 0.153. The fourth-order valence-corrected chi connectivity index (χ4v) is 1.53. The molecule has 0 amide bonds.